The average Bonchev–Trinajstić information content (AvgIpc) is 2.25. The highest BCUT2D eigenvalue weighted by Gasteiger charge is 2.01. The molecule has 0 fully saturated rings. The average molecular weight is 200 g/mol. The quantitative estimate of drug-likeness (QED) is 0.592. The van der Waals surface area contributed by atoms with Crippen molar-refractivity contribution in [3.8, 4) is 6.07 Å². The van der Waals surface area contributed by atoms with Crippen LogP contribution in [0.1, 0.15) is 12.0 Å². The molecule has 0 aromatic heterocycles. The molecule has 0 aliphatic carbocycles. The molecule has 1 rings (SSSR count). The standard InChI is InChI=1S/C12H12N2O/c13-9-11(12(14)15)8-4-7-10-5-2-1-3-6-10/h1-3,5-6,8H,4,7H2,(H2,14,15). The molecule has 0 radical (unpaired) electrons. The first-order valence-corrected chi connectivity index (χ1v) is 4.68. The minimum Gasteiger partial charge on any atom is -0.365 e. The van der Waals surface area contributed by atoms with Gasteiger partial charge >= 0.3 is 0 Å². The predicted octanol–water partition coefficient (Wildman–Crippen LogP) is 1.55. The zero-order valence-electron chi connectivity index (χ0n) is 8.31. The Balaban J connectivity index is 2.52. The lowest BCUT2D eigenvalue weighted by Crippen LogP contribution is -2.12. The van der Waals surface area contributed by atoms with Crippen molar-refractivity contribution in [3.63, 3.8) is 0 Å². The van der Waals surface area contributed by atoms with Gasteiger partial charge < -0.3 is 5.73 Å². The van der Waals surface area contributed by atoms with Crippen LogP contribution in [0.3, 0.4) is 0 Å². The van der Waals surface area contributed by atoms with E-state index in [4.69, 9.17) is 11.0 Å². The van der Waals surface area contributed by atoms with Gasteiger partial charge in [0.1, 0.15) is 11.6 Å². The van der Waals surface area contributed by atoms with Crippen molar-refractivity contribution in [2.24, 2.45) is 5.73 Å². The number of nitrogens with two attached hydrogens (primary N) is 1. The van der Waals surface area contributed by atoms with Gasteiger partial charge in [-0.05, 0) is 18.4 Å². The third-order valence-corrected chi connectivity index (χ3v) is 2.01. The summed E-state index contributed by atoms with van der Waals surface area (Å²) in [6, 6.07) is 11.6. The van der Waals surface area contributed by atoms with E-state index < -0.39 is 5.91 Å². The van der Waals surface area contributed by atoms with Crippen LogP contribution in [-0.4, -0.2) is 5.91 Å². The van der Waals surface area contributed by atoms with Crippen molar-refractivity contribution in [1.82, 2.24) is 0 Å². The molecule has 0 atom stereocenters. The minimum absolute atomic E-state index is 0.0333. The first-order valence-electron chi connectivity index (χ1n) is 4.68. The number of hydrogen-bond donors (Lipinski definition) is 1. The second-order valence-corrected chi connectivity index (χ2v) is 3.12. The maximum absolute atomic E-state index is 10.7. The molecule has 0 spiro atoms. The van der Waals surface area contributed by atoms with E-state index in [0.717, 1.165) is 6.42 Å². The number of nitriles is 1. The molecule has 1 aromatic rings. The van der Waals surface area contributed by atoms with Crippen LogP contribution in [0.25, 0.3) is 0 Å². The van der Waals surface area contributed by atoms with Crippen LogP contribution in [0.15, 0.2) is 42.0 Å². The number of allylic oxidation sites excluding steroid dienone is 1. The maximum atomic E-state index is 10.7. The van der Waals surface area contributed by atoms with E-state index in [9.17, 15) is 4.79 Å². The Bertz CT molecular complexity index is 401. The molecule has 0 saturated carbocycles. The fourth-order valence-electron chi connectivity index (χ4n) is 1.23. The molecular formula is C12H12N2O. The smallest absolute Gasteiger partial charge is 0.259 e. The summed E-state index contributed by atoms with van der Waals surface area (Å²) < 4.78 is 0. The normalized spacial score (nSPS) is 10.7. The highest BCUT2D eigenvalue weighted by molar-refractivity contribution is 5.95. The topological polar surface area (TPSA) is 66.9 Å². The van der Waals surface area contributed by atoms with Gasteiger partial charge in [0.15, 0.2) is 0 Å². The van der Waals surface area contributed by atoms with E-state index >= 15 is 0 Å². The van der Waals surface area contributed by atoms with E-state index in [1.165, 1.54) is 5.56 Å². The number of aryl methyl sites for hydroxylation is 1. The second kappa shape index (κ2) is 5.61. The summed E-state index contributed by atoms with van der Waals surface area (Å²) in [6.45, 7) is 0. The van der Waals surface area contributed by atoms with Gasteiger partial charge in [-0.15, -0.1) is 0 Å². The molecule has 0 heterocycles. The molecule has 76 valence electrons. The number of benzene rings is 1. The molecule has 2 N–H and O–H groups in total. The zero-order chi connectivity index (χ0) is 11.1. The van der Waals surface area contributed by atoms with Crippen molar-refractivity contribution in [1.29, 1.82) is 5.26 Å². The van der Waals surface area contributed by atoms with Gasteiger partial charge in [0.25, 0.3) is 5.91 Å². The summed E-state index contributed by atoms with van der Waals surface area (Å²) in [7, 11) is 0. The highest BCUT2D eigenvalue weighted by atomic mass is 16.1. The summed E-state index contributed by atoms with van der Waals surface area (Å²) in [5.74, 6) is -0.662. The van der Waals surface area contributed by atoms with E-state index in [-0.39, 0.29) is 5.57 Å². The van der Waals surface area contributed by atoms with Crippen LogP contribution in [0.2, 0.25) is 0 Å². The number of carbonyl (C=O) groups is 1. The van der Waals surface area contributed by atoms with E-state index in [2.05, 4.69) is 0 Å². The van der Waals surface area contributed by atoms with E-state index in [1.807, 2.05) is 30.3 Å². The first-order chi connectivity index (χ1) is 7.24. The van der Waals surface area contributed by atoms with E-state index in [1.54, 1.807) is 12.1 Å². The largest absolute Gasteiger partial charge is 0.365 e. The Morgan fingerprint density at radius 3 is 2.60 bits per heavy atom. The number of primary amides is 1. The molecule has 0 aliphatic heterocycles. The Kier molecular flexibility index (Phi) is 4.11. The van der Waals surface area contributed by atoms with Crippen LogP contribution in [0, 0.1) is 11.3 Å². The second-order valence-electron chi connectivity index (χ2n) is 3.12. The molecular weight excluding hydrogens is 188 g/mol. The monoisotopic (exact) mass is 200 g/mol. The fraction of sp³-hybridized carbons (Fsp3) is 0.167. The summed E-state index contributed by atoms with van der Waals surface area (Å²) in [5, 5.41) is 8.57. The zero-order valence-corrected chi connectivity index (χ0v) is 8.31. The SMILES string of the molecule is N#CC(=CCCc1ccccc1)C(N)=O. The lowest BCUT2D eigenvalue weighted by atomic mass is 10.1. The van der Waals surface area contributed by atoms with Crippen LogP contribution in [0.5, 0.6) is 0 Å². The lowest BCUT2D eigenvalue weighted by Gasteiger charge is -1.97. The number of rotatable bonds is 4. The summed E-state index contributed by atoms with van der Waals surface area (Å²) in [4.78, 5) is 10.7. The molecule has 1 aromatic carbocycles. The van der Waals surface area contributed by atoms with Crippen LogP contribution in [-0.2, 0) is 11.2 Å². The van der Waals surface area contributed by atoms with E-state index in [0.29, 0.717) is 6.42 Å². The van der Waals surface area contributed by atoms with Crippen LogP contribution < -0.4 is 5.73 Å². The molecule has 3 nitrogen and oxygen atoms in total. The highest BCUT2D eigenvalue weighted by Crippen LogP contribution is 2.04. The van der Waals surface area contributed by atoms with Gasteiger partial charge in [-0.1, -0.05) is 36.4 Å². The number of nitrogens with zero attached hydrogens (tertiary/aromatic N) is 1. The third-order valence-electron chi connectivity index (χ3n) is 2.01. The molecule has 0 saturated heterocycles. The van der Waals surface area contributed by atoms with Gasteiger partial charge in [-0.3, -0.25) is 4.79 Å². The molecule has 0 aliphatic rings. The number of hydrogen-bond acceptors (Lipinski definition) is 2. The van der Waals surface area contributed by atoms with Gasteiger partial charge in [0.05, 0.1) is 0 Å². The summed E-state index contributed by atoms with van der Waals surface area (Å²) >= 11 is 0. The fourth-order valence-corrected chi connectivity index (χ4v) is 1.23. The first kappa shape index (κ1) is 11.0. The van der Waals surface area contributed by atoms with Gasteiger partial charge in [-0.2, -0.15) is 5.26 Å². The van der Waals surface area contributed by atoms with Crippen LogP contribution in [0.4, 0.5) is 0 Å². The van der Waals surface area contributed by atoms with Crippen molar-refractivity contribution < 1.29 is 4.79 Å². The predicted molar refractivity (Wildman–Crippen MR) is 57.7 cm³/mol. The molecule has 0 unspecified atom stereocenters. The van der Waals surface area contributed by atoms with Crippen LogP contribution >= 0.6 is 0 Å². The van der Waals surface area contributed by atoms with Gasteiger partial charge in [-0.25, -0.2) is 0 Å². The summed E-state index contributed by atoms with van der Waals surface area (Å²) in [5.41, 5.74) is 6.21. The van der Waals surface area contributed by atoms with Crippen molar-refractivity contribution >= 4 is 5.91 Å². The molecule has 15 heavy (non-hydrogen) atoms. The van der Waals surface area contributed by atoms with Crippen molar-refractivity contribution in [2.45, 2.75) is 12.8 Å². The number of carbonyl (C=O) groups excluding carboxylic acids is 1. The van der Waals surface area contributed by atoms with Crippen molar-refractivity contribution in [3.05, 3.63) is 47.5 Å². The number of amides is 1. The van der Waals surface area contributed by atoms with Crippen molar-refractivity contribution in [2.75, 3.05) is 0 Å². The minimum atomic E-state index is -0.662. The Hall–Kier alpha value is -2.08. The Labute approximate surface area is 88.8 Å². The summed E-state index contributed by atoms with van der Waals surface area (Å²) in [6.07, 6.45) is 3.03. The molecule has 3 heteroatoms. The Morgan fingerprint density at radius 2 is 2.07 bits per heavy atom. The van der Waals surface area contributed by atoms with Gasteiger partial charge in [0, 0.05) is 0 Å². The maximum Gasteiger partial charge on any atom is 0.259 e. The third kappa shape index (κ3) is 3.65. The molecule has 0 bridgehead atoms. The lowest BCUT2D eigenvalue weighted by molar-refractivity contribution is -0.114. The Morgan fingerprint density at radius 1 is 1.40 bits per heavy atom. The van der Waals surface area contributed by atoms with Gasteiger partial charge in [0.2, 0.25) is 0 Å². The molecule has 1 amide bonds.